The Morgan fingerprint density at radius 1 is 0.938 bits per heavy atom. The van der Waals surface area contributed by atoms with Crippen LogP contribution in [-0.2, 0) is 16.0 Å². The van der Waals surface area contributed by atoms with Gasteiger partial charge in [0.25, 0.3) is 11.8 Å². The third kappa shape index (κ3) is 4.65. The van der Waals surface area contributed by atoms with E-state index in [1.807, 2.05) is 50.2 Å². The molecule has 0 radical (unpaired) electrons. The number of benzene rings is 2. The number of carbonyl (C=O) groups is 2. The molecule has 0 atom stereocenters. The second-order valence-corrected chi connectivity index (χ2v) is 8.36. The third-order valence-electron chi connectivity index (χ3n) is 4.91. The van der Waals surface area contributed by atoms with Crippen LogP contribution in [0.25, 0.3) is 0 Å². The highest BCUT2D eigenvalue weighted by atomic mass is 32.2. The van der Waals surface area contributed by atoms with Crippen molar-refractivity contribution in [3.05, 3.63) is 88.2 Å². The SMILES string of the molecule is Cc1cc(C)nc(SC2=C(Nc3ccccc3O)C(=O)N(CCc3ccccc3)C2=O)n1. The summed E-state index contributed by atoms with van der Waals surface area (Å²) in [5.74, 6) is -0.868. The number of hydrogen-bond acceptors (Lipinski definition) is 7. The zero-order valence-corrected chi connectivity index (χ0v) is 18.5. The number of aryl methyl sites for hydroxylation is 2. The van der Waals surface area contributed by atoms with E-state index >= 15 is 0 Å². The summed E-state index contributed by atoms with van der Waals surface area (Å²) >= 11 is 1.05. The van der Waals surface area contributed by atoms with Crippen molar-refractivity contribution < 1.29 is 14.7 Å². The molecule has 0 spiro atoms. The molecule has 0 unspecified atom stereocenters. The number of aromatic nitrogens is 2. The van der Waals surface area contributed by atoms with Crippen molar-refractivity contribution >= 4 is 29.3 Å². The van der Waals surface area contributed by atoms with Crippen LogP contribution in [-0.4, -0.2) is 38.3 Å². The molecule has 2 heterocycles. The Balaban J connectivity index is 1.65. The van der Waals surface area contributed by atoms with Gasteiger partial charge in [0, 0.05) is 17.9 Å². The maximum absolute atomic E-state index is 13.3. The minimum atomic E-state index is -0.443. The van der Waals surface area contributed by atoms with Gasteiger partial charge in [-0.1, -0.05) is 42.5 Å². The molecule has 0 bridgehead atoms. The molecule has 1 aliphatic rings. The fourth-order valence-electron chi connectivity index (χ4n) is 3.39. The van der Waals surface area contributed by atoms with Crippen molar-refractivity contribution in [1.82, 2.24) is 14.9 Å². The van der Waals surface area contributed by atoms with Gasteiger partial charge in [-0.05, 0) is 55.8 Å². The van der Waals surface area contributed by atoms with E-state index in [-0.39, 0.29) is 22.9 Å². The lowest BCUT2D eigenvalue weighted by Crippen LogP contribution is -2.34. The summed E-state index contributed by atoms with van der Waals surface area (Å²) in [7, 11) is 0. The van der Waals surface area contributed by atoms with Gasteiger partial charge in [0.15, 0.2) is 5.16 Å². The lowest BCUT2D eigenvalue weighted by Gasteiger charge is -2.15. The van der Waals surface area contributed by atoms with Gasteiger partial charge in [-0.15, -0.1) is 0 Å². The topological polar surface area (TPSA) is 95.4 Å². The van der Waals surface area contributed by atoms with Crippen molar-refractivity contribution in [3.63, 3.8) is 0 Å². The smallest absolute Gasteiger partial charge is 0.278 e. The number of aromatic hydroxyl groups is 1. The first kappa shape index (κ1) is 21.6. The van der Waals surface area contributed by atoms with Gasteiger partial charge in [-0.3, -0.25) is 14.5 Å². The second-order valence-electron chi connectivity index (χ2n) is 7.38. The second kappa shape index (κ2) is 9.23. The summed E-state index contributed by atoms with van der Waals surface area (Å²) in [5, 5.41) is 13.5. The van der Waals surface area contributed by atoms with Gasteiger partial charge in [-0.2, -0.15) is 0 Å². The van der Waals surface area contributed by atoms with E-state index in [9.17, 15) is 14.7 Å². The van der Waals surface area contributed by atoms with Crippen LogP contribution in [0.1, 0.15) is 17.0 Å². The molecule has 8 heteroatoms. The van der Waals surface area contributed by atoms with Crippen molar-refractivity contribution in [3.8, 4) is 5.75 Å². The molecule has 0 fully saturated rings. The van der Waals surface area contributed by atoms with Gasteiger partial charge in [-0.25, -0.2) is 9.97 Å². The standard InChI is InChI=1S/C24H22N4O3S/c1-15-14-16(2)26-24(25-15)32-21-20(27-18-10-6-7-11-19(18)29)22(30)28(23(21)31)13-12-17-8-4-3-5-9-17/h3-11,14,27,29H,12-13H2,1-2H3. The largest absolute Gasteiger partial charge is 0.506 e. The van der Waals surface area contributed by atoms with E-state index in [1.54, 1.807) is 18.2 Å². The number of para-hydroxylation sites is 2. The zero-order chi connectivity index (χ0) is 22.7. The average Bonchev–Trinajstić information content (AvgIpc) is 2.97. The number of thioether (sulfide) groups is 1. The van der Waals surface area contributed by atoms with Crippen molar-refractivity contribution in [2.45, 2.75) is 25.4 Å². The Morgan fingerprint density at radius 3 is 2.28 bits per heavy atom. The first-order valence-corrected chi connectivity index (χ1v) is 10.9. The van der Waals surface area contributed by atoms with E-state index in [0.29, 0.717) is 17.3 Å². The number of carbonyl (C=O) groups excluding carboxylic acids is 2. The highest BCUT2D eigenvalue weighted by molar-refractivity contribution is 8.04. The van der Waals surface area contributed by atoms with Crippen LogP contribution in [0.2, 0.25) is 0 Å². The summed E-state index contributed by atoms with van der Waals surface area (Å²) in [5.41, 5.74) is 3.02. The Hall–Kier alpha value is -3.65. The Kier molecular flexibility index (Phi) is 6.23. The van der Waals surface area contributed by atoms with E-state index in [2.05, 4.69) is 15.3 Å². The third-order valence-corrected chi connectivity index (χ3v) is 5.86. The summed E-state index contributed by atoms with van der Waals surface area (Å²) in [6, 6.07) is 18.1. The van der Waals surface area contributed by atoms with Crippen molar-refractivity contribution in [2.75, 3.05) is 11.9 Å². The lowest BCUT2D eigenvalue weighted by atomic mass is 10.1. The highest BCUT2D eigenvalue weighted by Gasteiger charge is 2.39. The number of rotatable bonds is 7. The van der Waals surface area contributed by atoms with E-state index in [4.69, 9.17) is 0 Å². The van der Waals surface area contributed by atoms with Gasteiger partial charge in [0.1, 0.15) is 16.4 Å². The van der Waals surface area contributed by atoms with Crippen LogP contribution in [0.4, 0.5) is 5.69 Å². The first-order chi connectivity index (χ1) is 15.4. The highest BCUT2D eigenvalue weighted by Crippen LogP contribution is 2.36. The van der Waals surface area contributed by atoms with E-state index in [1.165, 1.54) is 11.0 Å². The Labute approximate surface area is 190 Å². The molecule has 32 heavy (non-hydrogen) atoms. The van der Waals surface area contributed by atoms with E-state index < -0.39 is 11.8 Å². The molecule has 3 aromatic rings. The van der Waals surface area contributed by atoms with Crippen LogP contribution in [0, 0.1) is 13.8 Å². The first-order valence-electron chi connectivity index (χ1n) is 10.1. The quantitative estimate of drug-likeness (QED) is 0.324. The molecule has 1 aliphatic heterocycles. The average molecular weight is 447 g/mol. The summed E-state index contributed by atoms with van der Waals surface area (Å²) < 4.78 is 0. The van der Waals surface area contributed by atoms with Crippen LogP contribution in [0.15, 0.2) is 76.4 Å². The fourth-order valence-corrected chi connectivity index (χ4v) is 4.39. The number of imide groups is 1. The molecule has 4 rings (SSSR count). The maximum atomic E-state index is 13.3. The predicted octanol–water partition coefficient (Wildman–Crippen LogP) is 3.83. The van der Waals surface area contributed by atoms with Crippen LogP contribution < -0.4 is 5.32 Å². The summed E-state index contributed by atoms with van der Waals surface area (Å²) in [6.07, 6.45) is 0.542. The minimum absolute atomic E-state index is 0.0185. The lowest BCUT2D eigenvalue weighted by molar-refractivity contribution is -0.137. The van der Waals surface area contributed by atoms with Crippen LogP contribution in [0.3, 0.4) is 0 Å². The molecule has 0 saturated heterocycles. The molecule has 2 aromatic carbocycles. The fraction of sp³-hybridized carbons (Fsp3) is 0.167. The number of phenolic OH excluding ortho intramolecular Hbond substituents is 1. The monoisotopic (exact) mass is 446 g/mol. The zero-order valence-electron chi connectivity index (χ0n) is 17.7. The molecule has 0 saturated carbocycles. The van der Waals surface area contributed by atoms with E-state index in [0.717, 1.165) is 28.7 Å². The van der Waals surface area contributed by atoms with Crippen molar-refractivity contribution in [2.24, 2.45) is 0 Å². The van der Waals surface area contributed by atoms with Crippen LogP contribution >= 0.6 is 11.8 Å². The molecule has 0 aliphatic carbocycles. The van der Waals surface area contributed by atoms with Gasteiger partial charge >= 0.3 is 0 Å². The number of anilines is 1. The normalized spacial score (nSPS) is 13.8. The maximum Gasteiger partial charge on any atom is 0.278 e. The molecular weight excluding hydrogens is 424 g/mol. The number of amides is 2. The molecule has 2 N–H and O–H groups in total. The number of phenols is 1. The Bertz CT molecular complexity index is 1190. The molecule has 162 valence electrons. The van der Waals surface area contributed by atoms with Gasteiger partial charge in [0.2, 0.25) is 0 Å². The minimum Gasteiger partial charge on any atom is -0.506 e. The van der Waals surface area contributed by atoms with Gasteiger partial charge < -0.3 is 10.4 Å². The number of nitrogens with zero attached hydrogens (tertiary/aromatic N) is 3. The number of nitrogens with one attached hydrogen (secondary N) is 1. The number of hydrogen-bond donors (Lipinski definition) is 2. The van der Waals surface area contributed by atoms with Crippen LogP contribution in [0.5, 0.6) is 5.75 Å². The van der Waals surface area contributed by atoms with Gasteiger partial charge in [0.05, 0.1) is 5.69 Å². The molecule has 1 aromatic heterocycles. The Morgan fingerprint density at radius 2 is 1.59 bits per heavy atom. The van der Waals surface area contributed by atoms with Crippen molar-refractivity contribution in [1.29, 1.82) is 0 Å². The summed E-state index contributed by atoms with van der Waals surface area (Å²) in [4.78, 5) is 36.7. The molecular formula is C24H22N4O3S. The predicted molar refractivity (Wildman–Crippen MR) is 123 cm³/mol. The summed E-state index contributed by atoms with van der Waals surface area (Å²) in [6.45, 7) is 3.94. The molecule has 7 nitrogen and oxygen atoms in total. The molecule has 2 amide bonds.